The van der Waals surface area contributed by atoms with Crippen LogP contribution in [0.15, 0.2) is 0 Å². The molecule has 0 bridgehead atoms. The van der Waals surface area contributed by atoms with Crippen molar-refractivity contribution in [1.82, 2.24) is 47.2 Å². The topological polar surface area (TPSA) is 598 Å². The van der Waals surface area contributed by atoms with Crippen LogP contribution in [0.5, 0.6) is 0 Å². The van der Waals surface area contributed by atoms with E-state index in [1.807, 2.05) is 27.7 Å². The quantitative estimate of drug-likeness (QED) is 0.0153. The van der Waals surface area contributed by atoms with Crippen LogP contribution in [0.1, 0.15) is 169 Å². The molecule has 0 aromatic heterocycles. The molecule has 1 aliphatic carbocycles. The third kappa shape index (κ3) is 41.9. The normalized spacial score (nSPS) is 24.4. The summed E-state index contributed by atoms with van der Waals surface area (Å²) < 4.78 is 116. The van der Waals surface area contributed by atoms with Gasteiger partial charge < -0.3 is 137 Å². The summed E-state index contributed by atoms with van der Waals surface area (Å²) in [5.41, 5.74) is 0. The predicted molar refractivity (Wildman–Crippen MR) is 436 cm³/mol. The fourth-order valence-corrected chi connectivity index (χ4v) is 15.6. The Hall–Kier alpha value is -9.57. The lowest BCUT2D eigenvalue weighted by Crippen LogP contribution is -2.66. The Labute approximate surface area is 743 Å². The SMILES string of the molecule is CC(=O)NC1C(OCCOCCNC(=O)CC[C@H](NC(=O)CC[C@H](NC(=O)[C@H]2CC[C@@H](OP(OCCC#N)N(C(C)C)C(C)C)CC2)C(=O)NCCOCCOC2OC(COC(C)=O)[C@H](OC(C)=O)C(OC(C)=O)C2NC(C)=O)C(=O)NCCOCCOC2OC(COC(C)=O)[C@H](OC(C)=O)C(OC(C)=O)C2NC(C)=O)OC(COC(C)=O)[C@H](OC(C)=O)C1OC(C)=O. The molecule has 47 nitrogen and oxygen atoms in total. The fourth-order valence-electron chi connectivity index (χ4n) is 13.9. The molecular formula is C80H127N10O37P. The van der Waals surface area contributed by atoms with Gasteiger partial charge in [-0.05, 0) is 66.2 Å². The summed E-state index contributed by atoms with van der Waals surface area (Å²) in [4.78, 5) is 218. The van der Waals surface area contributed by atoms with Gasteiger partial charge in [-0.1, -0.05) is 0 Å². The lowest BCUT2D eigenvalue weighted by molar-refractivity contribution is -0.279. The van der Waals surface area contributed by atoms with E-state index in [1.165, 1.54) is 13.8 Å². The third-order valence-corrected chi connectivity index (χ3v) is 21.1. The first-order valence-corrected chi connectivity index (χ1v) is 43.2. The van der Waals surface area contributed by atoms with E-state index in [0.717, 1.165) is 69.2 Å². The summed E-state index contributed by atoms with van der Waals surface area (Å²) in [7, 11) is -1.62. The van der Waals surface area contributed by atoms with E-state index in [4.69, 9.17) is 94.3 Å². The smallest absolute Gasteiger partial charge is 0.303 e. The highest BCUT2D eigenvalue weighted by molar-refractivity contribution is 7.44. The molecular weight excluding hydrogens is 1720 g/mol. The van der Waals surface area contributed by atoms with Crippen LogP contribution < -0.4 is 42.5 Å². The van der Waals surface area contributed by atoms with Crippen LogP contribution in [0.25, 0.3) is 0 Å². The van der Waals surface area contributed by atoms with Crippen LogP contribution in [0.2, 0.25) is 0 Å². The Morgan fingerprint density at radius 2 is 0.727 bits per heavy atom. The van der Waals surface area contributed by atoms with Gasteiger partial charge in [0, 0.05) is 134 Å². The van der Waals surface area contributed by atoms with Crippen molar-refractivity contribution in [1.29, 1.82) is 5.26 Å². The van der Waals surface area contributed by atoms with Crippen LogP contribution in [-0.2, 0) is 176 Å². The predicted octanol–water partition coefficient (Wildman–Crippen LogP) is -1.22. The van der Waals surface area contributed by atoms with Crippen molar-refractivity contribution >= 4 is 110 Å². The van der Waals surface area contributed by atoms with Gasteiger partial charge in [-0.3, -0.25) is 81.5 Å². The van der Waals surface area contributed by atoms with Crippen LogP contribution in [0.3, 0.4) is 0 Å². The minimum atomic E-state index is -1.62. The molecule has 0 spiro atoms. The van der Waals surface area contributed by atoms with Gasteiger partial charge in [0.15, 0.2) is 55.5 Å². The highest BCUT2D eigenvalue weighted by Gasteiger charge is 2.55. The Morgan fingerprint density at radius 1 is 0.398 bits per heavy atom. The Bertz CT molecular complexity index is 3680. The second kappa shape index (κ2) is 58.9. The molecule has 18 atom stereocenters. The molecule has 4 rings (SSSR count). The molecule has 0 aromatic rings. The van der Waals surface area contributed by atoms with Crippen LogP contribution in [-0.4, -0.2) is 333 Å². The maximum absolute atomic E-state index is 14.4. The van der Waals surface area contributed by atoms with E-state index < -0.39 is 246 Å². The molecule has 8 N–H and O–H groups in total. The molecule has 0 radical (unpaired) electrons. The molecule has 13 unspecified atom stereocenters. The first-order chi connectivity index (χ1) is 60.6. The van der Waals surface area contributed by atoms with Crippen molar-refractivity contribution in [3.63, 3.8) is 0 Å². The van der Waals surface area contributed by atoms with Gasteiger partial charge in [-0.25, -0.2) is 4.67 Å². The van der Waals surface area contributed by atoms with Gasteiger partial charge in [-0.15, -0.1) is 0 Å². The lowest BCUT2D eigenvalue weighted by atomic mass is 9.86. The van der Waals surface area contributed by atoms with Gasteiger partial charge in [0.1, 0.15) is 68.3 Å². The van der Waals surface area contributed by atoms with E-state index in [-0.39, 0.29) is 130 Å². The van der Waals surface area contributed by atoms with Crippen molar-refractivity contribution < 1.29 is 176 Å². The number of ether oxygens (including phenoxy) is 18. The zero-order chi connectivity index (χ0) is 95.3. The molecule has 4 fully saturated rings. The van der Waals surface area contributed by atoms with E-state index in [0.29, 0.717) is 25.7 Å². The average Bonchev–Trinajstić information content (AvgIpc) is 0.794. The summed E-state index contributed by atoms with van der Waals surface area (Å²) in [5.74, 6) is -13.1. The summed E-state index contributed by atoms with van der Waals surface area (Å²) in [6.07, 6.45) is -16.7. The van der Waals surface area contributed by atoms with Gasteiger partial charge >= 0.3 is 53.7 Å². The number of esters is 9. The Morgan fingerprint density at radius 3 is 1.05 bits per heavy atom. The number of nitrogens with one attached hydrogen (secondary N) is 8. The van der Waals surface area contributed by atoms with Crippen molar-refractivity contribution in [2.45, 2.75) is 291 Å². The van der Waals surface area contributed by atoms with E-state index in [2.05, 4.69) is 53.3 Å². The second-order valence-corrected chi connectivity index (χ2v) is 31.8. The van der Waals surface area contributed by atoms with Gasteiger partial charge in [0.25, 0.3) is 8.53 Å². The third-order valence-electron chi connectivity index (χ3n) is 19.0. The number of hydrogen-bond acceptors (Lipinski definition) is 39. The largest absolute Gasteiger partial charge is 0.463 e. The molecule has 128 heavy (non-hydrogen) atoms. The number of hydrogen-bond donors (Lipinski definition) is 8. The van der Waals surface area contributed by atoms with Gasteiger partial charge in [0.2, 0.25) is 47.3 Å². The second-order valence-electron chi connectivity index (χ2n) is 30.4. The number of nitriles is 1. The molecule has 724 valence electrons. The van der Waals surface area contributed by atoms with Crippen LogP contribution in [0.4, 0.5) is 0 Å². The molecule has 3 aliphatic heterocycles. The molecule has 3 saturated heterocycles. The standard InChI is InChI=1S/C80H127N10O37P/c1-43(2)90(44(3)4)128(117-30-17-26-81)127-58-20-18-57(19-21-58)75(105)89-60(77(107)84-29-33-110-36-39-113-80-68(87-47(7)93)74(123-56(16)102)71(120-53(13)99)63(126-80)42-116-50(10)96)23-25-65(104)88-59(76(106)83-28-32-109-35-38-112-79-67(86-46(6)92)73(122-55(15)101)70(119-52(12)98)62(125-79)41-115-49(9)95)22-24-64(103)82-27-31-108-34-37-111-78-66(85-45(5)91)72(121-54(14)100)69(118-51(11)97)61(124-78)40-114-48(8)94/h43-44,57-63,66-74,78-80H,17-25,27-42H2,1-16H3,(H,82,103)(H,83,106)(H,84,107)(H,85,91)(H,86,92)(H,87,93)(H,88,104)(H,89,105)/t57-,58+,59-,60-,61?,62?,63?,66?,67?,68?,69-,70-,71-,72?,73?,74?,78?,79?,80?,128?/m0/s1. The summed E-state index contributed by atoms with van der Waals surface area (Å²) in [5, 5.41) is 30.5. The van der Waals surface area contributed by atoms with Gasteiger partial charge in [0.05, 0.1) is 84.7 Å². The average molecular weight is 1850 g/mol. The molecule has 1 saturated carbocycles. The van der Waals surface area contributed by atoms with Gasteiger partial charge in [-0.2, -0.15) is 5.26 Å². The molecule has 48 heteroatoms. The fraction of sp³-hybridized carbons (Fsp3) is 0.775. The molecule has 8 amide bonds. The molecule has 3 heterocycles. The van der Waals surface area contributed by atoms with Crippen LogP contribution in [0, 0.1) is 17.2 Å². The van der Waals surface area contributed by atoms with Crippen molar-refractivity contribution in [2.75, 3.05) is 106 Å². The number of carbonyl (C=O) groups is 17. The summed E-state index contributed by atoms with van der Waals surface area (Å²) in [6.45, 7) is 17.7. The molecule has 0 aromatic carbocycles. The number of nitrogens with zero attached hydrogens (tertiary/aromatic N) is 2. The summed E-state index contributed by atoms with van der Waals surface area (Å²) >= 11 is 0. The van der Waals surface area contributed by atoms with E-state index in [1.54, 1.807) is 0 Å². The number of carbonyl (C=O) groups excluding carboxylic acids is 17. The highest BCUT2D eigenvalue weighted by atomic mass is 31.2. The number of rotatable bonds is 55. The van der Waals surface area contributed by atoms with E-state index in [9.17, 15) is 86.8 Å². The minimum absolute atomic E-state index is 0.0165. The zero-order valence-electron chi connectivity index (χ0n) is 75.2. The first-order valence-electron chi connectivity index (χ1n) is 42.1. The van der Waals surface area contributed by atoms with Crippen LogP contribution >= 0.6 is 8.53 Å². The zero-order valence-corrected chi connectivity index (χ0v) is 76.1. The lowest BCUT2D eigenvalue weighted by Gasteiger charge is -2.44. The first kappa shape index (κ1) is 111. The molecule has 4 aliphatic rings. The minimum Gasteiger partial charge on any atom is -0.463 e. The van der Waals surface area contributed by atoms with E-state index >= 15 is 0 Å². The Balaban J connectivity index is 1.55. The maximum atomic E-state index is 14.4. The number of amides is 8. The summed E-state index contributed by atoms with van der Waals surface area (Å²) in [6, 6.07) is -4.57. The van der Waals surface area contributed by atoms with Crippen molar-refractivity contribution in [3.05, 3.63) is 0 Å². The Kier molecular flexibility index (Phi) is 50.9. The monoisotopic (exact) mass is 1850 g/mol. The highest BCUT2D eigenvalue weighted by Crippen LogP contribution is 2.49. The van der Waals surface area contributed by atoms with Crippen molar-refractivity contribution in [2.24, 2.45) is 5.92 Å². The maximum Gasteiger partial charge on any atom is 0.303 e. The van der Waals surface area contributed by atoms with Crippen molar-refractivity contribution in [3.8, 4) is 6.07 Å².